The summed E-state index contributed by atoms with van der Waals surface area (Å²) in [4.78, 5) is 0. The summed E-state index contributed by atoms with van der Waals surface area (Å²) in [7, 11) is 0. The molecule has 0 spiro atoms. The van der Waals surface area contributed by atoms with E-state index in [9.17, 15) is 0 Å². The number of benzene rings is 15. The lowest BCUT2D eigenvalue weighted by molar-refractivity contribution is 1.57. The van der Waals surface area contributed by atoms with Crippen LogP contribution >= 0.6 is 0 Å². The SMILES string of the molecule is c1ccc(-c2c3ccccc3c(-c3cc(-c4ccc(-c5ccc6c7ccccc7c7ccccc7c6c5)cc4)ccc3-c3ccc(-c4ccc5c6ccccc6c6ccccc6c5c4)cc3)c3ccccc23)cc1. The standard InChI is InChI=1S/C74H46/c1-2-16-51(17-3-1)73-66-26-12-14-28-68(66)74(69-29-15-13-27-67(69)73)72-46-54(48-32-30-47(31-33-48)52-39-42-64-60-22-6-4-18-56(60)58-20-8-10-24-62(58)70(64)44-52)38-41-55(72)50-36-34-49(35-37-50)53-40-43-65-61-23-7-5-19-57(61)59-21-9-11-25-63(59)71(65)45-53/h1-46H. The lowest BCUT2D eigenvalue weighted by Crippen LogP contribution is -1.94. The predicted molar refractivity (Wildman–Crippen MR) is 319 cm³/mol. The molecule has 15 aromatic rings. The van der Waals surface area contributed by atoms with E-state index in [2.05, 4.69) is 279 Å². The smallest absolute Gasteiger partial charge is 0.00199 e. The van der Waals surface area contributed by atoms with Gasteiger partial charge < -0.3 is 0 Å². The lowest BCUT2D eigenvalue weighted by atomic mass is 9.82. The molecule has 0 atom stereocenters. The summed E-state index contributed by atoms with van der Waals surface area (Å²) in [5, 5.41) is 20.4. The van der Waals surface area contributed by atoms with Crippen molar-refractivity contribution in [2.45, 2.75) is 0 Å². The molecule has 15 rings (SSSR count). The second kappa shape index (κ2) is 17.0. The minimum Gasteiger partial charge on any atom is -0.0622 e. The summed E-state index contributed by atoms with van der Waals surface area (Å²) in [5.74, 6) is 0. The maximum absolute atomic E-state index is 2.45. The zero-order valence-electron chi connectivity index (χ0n) is 40.6. The molecule has 0 aromatic heterocycles. The molecule has 0 N–H and O–H groups in total. The van der Waals surface area contributed by atoms with Crippen LogP contribution in [0, 0.1) is 0 Å². The first-order chi connectivity index (χ1) is 36.7. The Labute approximate surface area is 429 Å². The summed E-state index contributed by atoms with van der Waals surface area (Å²) in [6, 6.07) is 104. The van der Waals surface area contributed by atoms with Gasteiger partial charge in [0.2, 0.25) is 0 Å². The molecule has 0 radical (unpaired) electrons. The first-order valence-electron chi connectivity index (χ1n) is 25.7. The van der Waals surface area contributed by atoms with Crippen molar-refractivity contribution in [2.75, 3.05) is 0 Å². The van der Waals surface area contributed by atoms with Gasteiger partial charge in [-0.15, -0.1) is 0 Å². The Hall–Kier alpha value is -9.62. The molecule has 0 aliphatic heterocycles. The Bertz CT molecular complexity index is 4610. The van der Waals surface area contributed by atoms with E-state index in [1.165, 1.54) is 153 Å². The lowest BCUT2D eigenvalue weighted by Gasteiger charge is -2.21. The quantitative estimate of drug-likeness (QED) is 0.115. The van der Waals surface area contributed by atoms with Crippen molar-refractivity contribution in [3.05, 3.63) is 279 Å². The molecule has 0 fully saturated rings. The second-order valence-electron chi connectivity index (χ2n) is 19.8. The van der Waals surface area contributed by atoms with Crippen molar-refractivity contribution in [1.82, 2.24) is 0 Å². The summed E-state index contributed by atoms with van der Waals surface area (Å²) in [6.45, 7) is 0. The van der Waals surface area contributed by atoms with E-state index < -0.39 is 0 Å². The van der Waals surface area contributed by atoms with Crippen molar-refractivity contribution >= 4 is 86.2 Å². The van der Waals surface area contributed by atoms with Crippen molar-refractivity contribution < 1.29 is 0 Å². The first kappa shape index (κ1) is 42.1. The van der Waals surface area contributed by atoms with E-state index in [1.54, 1.807) is 0 Å². The van der Waals surface area contributed by atoms with E-state index in [-0.39, 0.29) is 0 Å². The third-order valence-corrected chi connectivity index (χ3v) is 15.9. The molecular weight excluding hydrogens is 889 g/mol. The van der Waals surface area contributed by atoms with E-state index in [0.29, 0.717) is 0 Å². The Morgan fingerprint density at radius 3 is 0.784 bits per heavy atom. The Morgan fingerprint density at radius 2 is 0.392 bits per heavy atom. The first-order valence-corrected chi connectivity index (χ1v) is 25.7. The normalized spacial score (nSPS) is 11.8. The molecule has 15 aromatic carbocycles. The van der Waals surface area contributed by atoms with Crippen LogP contribution < -0.4 is 0 Å². The van der Waals surface area contributed by atoms with Gasteiger partial charge in [-0.05, 0) is 171 Å². The fourth-order valence-corrected chi connectivity index (χ4v) is 12.4. The summed E-state index contributed by atoms with van der Waals surface area (Å²) in [6.07, 6.45) is 0. The van der Waals surface area contributed by atoms with Gasteiger partial charge in [-0.1, -0.05) is 261 Å². The molecule has 0 heteroatoms. The highest BCUT2D eigenvalue weighted by Gasteiger charge is 2.21. The van der Waals surface area contributed by atoms with Crippen LogP contribution in [0.3, 0.4) is 0 Å². The van der Waals surface area contributed by atoms with Crippen LogP contribution in [0.5, 0.6) is 0 Å². The van der Waals surface area contributed by atoms with Crippen LogP contribution in [-0.4, -0.2) is 0 Å². The summed E-state index contributed by atoms with van der Waals surface area (Å²) < 4.78 is 0. The van der Waals surface area contributed by atoms with Gasteiger partial charge in [0.15, 0.2) is 0 Å². The van der Waals surface area contributed by atoms with E-state index in [4.69, 9.17) is 0 Å². The monoisotopic (exact) mass is 934 g/mol. The third kappa shape index (κ3) is 6.69. The molecule has 0 aliphatic rings. The van der Waals surface area contributed by atoms with Crippen molar-refractivity contribution in [3.63, 3.8) is 0 Å². The minimum absolute atomic E-state index is 1.18. The van der Waals surface area contributed by atoms with Gasteiger partial charge in [-0.3, -0.25) is 0 Å². The van der Waals surface area contributed by atoms with Gasteiger partial charge in [0.25, 0.3) is 0 Å². The molecule has 0 bridgehead atoms. The van der Waals surface area contributed by atoms with E-state index in [1.807, 2.05) is 0 Å². The van der Waals surface area contributed by atoms with Gasteiger partial charge >= 0.3 is 0 Å². The minimum atomic E-state index is 1.18. The van der Waals surface area contributed by atoms with Crippen LogP contribution in [0.2, 0.25) is 0 Å². The van der Waals surface area contributed by atoms with Crippen LogP contribution in [-0.2, 0) is 0 Å². The highest BCUT2D eigenvalue weighted by molar-refractivity contribution is 6.27. The molecule has 0 unspecified atom stereocenters. The third-order valence-electron chi connectivity index (χ3n) is 15.9. The average molecular weight is 935 g/mol. The molecule has 0 heterocycles. The van der Waals surface area contributed by atoms with Crippen molar-refractivity contribution in [3.8, 4) is 66.8 Å². The Kier molecular flexibility index (Phi) is 9.68. The van der Waals surface area contributed by atoms with Gasteiger partial charge in [0.1, 0.15) is 0 Å². The second-order valence-corrected chi connectivity index (χ2v) is 19.8. The van der Waals surface area contributed by atoms with Crippen molar-refractivity contribution in [2.24, 2.45) is 0 Å². The van der Waals surface area contributed by atoms with Crippen LogP contribution in [0.15, 0.2) is 279 Å². The highest BCUT2D eigenvalue weighted by Crippen LogP contribution is 2.48. The Morgan fingerprint density at radius 1 is 0.122 bits per heavy atom. The molecule has 0 amide bonds. The molecule has 0 aliphatic carbocycles. The zero-order chi connectivity index (χ0) is 48.7. The number of rotatable bonds is 6. The highest BCUT2D eigenvalue weighted by atomic mass is 14.2. The van der Waals surface area contributed by atoms with E-state index in [0.717, 1.165) is 0 Å². The number of fused-ring (bicyclic) bond motifs is 14. The molecular formula is C74H46. The van der Waals surface area contributed by atoms with Gasteiger partial charge in [0.05, 0.1) is 0 Å². The maximum atomic E-state index is 2.45. The van der Waals surface area contributed by atoms with Crippen LogP contribution in [0.25, 0.3) is 153 Å². The Balaban J connectivity index is 0.884. The van der Waals surface area contributed by atoms with Crippen LogP contribution in [0.4, 0.5) is 0 Å². The average Bonchev–Trinajstić information content (AvgIpc) is 3.50. The summed E-state index contributed by atoms with van der Waals surface area (Å²) in [5.41, 5.74) is 14.5. The topological polar surface area (TPSA) is 0 Å². The van der Waals surface area contributed by atoms with Crippen molar-refractivity contribution in [1.29, 1.82) is 0 Å². The largest absolute Gasteiger partial charge is 0.0622 e. The number of hydrogen-bond acceptors (Lipinski definition) is 0. The van der Waals surface area contributed by atoms with Gasteiger partial charge in [0, 0.05) is 0 Å². The molecule has 0 saturated heterocycles. The fraction of sp³-hybridized carbons (Fsp3) is 0. The predicted octanol–water partition coefficient (Wildman–Crippen LogP) is 20.9. The maximum Gasteiger partial charge on any atom is -0.00199 e. The van der Waals surface area contributed by atoms with E-state index >= 15 is 0 Å². The summed E-state index contributed by atoms with van der Waals surface area (Å²) >= 11 is 0. The zero-order valence-corrected chi connectivity index (χ0v) is 40.6. The molecule has 342 valence electrons. The van der Waals surface area contributed by atoms with Gasteiger partial charge in [-0.25, -0.2) is 0 Å². The van der Waals surface area contributed by atoms with Gasteiger partial charge in [-0.2, -0.15) is 0 Å². The van der Waals surface area contributed by atoms with Crippen LogP contribution in [0.1, 0.15) is 0 Å². The fourth-order valence-electron chi connectivity index (χ4n) is 12.4. The molecule has 0 nitrogen and oxygen atoms in total. The molecule has 0 saturated carbocycles. The number of hydrogen-bond donors (Lipinski definition) is 0. The molecule has 74 heavy (non-hydrogen) atoms.